The first-order chi connectivity index (χ1) is 11.9. The lowest BCUT2D eigenvalue weighted by Gasteiger charge is -2.10. The van der Waals surface area contributed by atoms with E-state index >= 15 is 0 Å². The number of nitrogens with two attached hydrogens (primary N) is 1. The van der Waals surface area contributed by atoms with Crippen molar-refractivity contribution >= 4 is 29.5 Å². The Morgan fingerprint density at radius 1 is 1.04 bits per heavy atom. The maximum Gasteiger partial charge on any atom is 0.281 e. The summed E-state index contributed by atoms with van der Waals surface area (Å²) in [5.41, 5.74) is 4.44. The lowest BCUT2D eigenvalue weighted by molar-refractivity contribution is -0.117. The van der Waals surface area contributed by atoms with Crippen LogP contribution in [0.25, 0.3) is 6.08 Å². The van der Waals surface area contributed by atoms with E-state index in [0.29, 0.717) is 16.5 Å². The van der Waals surface area contributed by atoms with Crippen LogP contribution in [-0.2, 0) is 4.79 Å². The van der Waals surface area contributed by atoms with Crippen LogP contribution in [-0.4, -0.2) is 11.8 Å². The highest BCUT2D eigenvalue weighted by atomic mass is 35.5. The zero-order chi connectivity index (χ0) is 18.4. The summed E-state index contributed by atoms with van der Waals surface area (Å²) in [7, 11) is 0. The van der Waals surface area contributed by atoms with E-state index in [1.54, 1.807) is 30.3 Å². The summed E-state index contributed by atoms with van der Waals surface area (Å²) in [5.74, 6) is 4.61. The molecule has 0 saturated carbocycles. The molecule has 0 radical (unpaired) electrons. The largest absolute Gasteiger partial charge is 0.317 e. The number of halogens is 1. The van der Waals surface area contributed by atoms with Crippen LogP contribution in [0.3, 0.4) is 0 Å². The summed E-state index contributed by atoms with van der Waals surface area (Å²) < 4.78 is 0. The Morgan fingerprint density at radius 3 is 2.16 bits per heavy atom. The molecule has 6 heteroatoms. The predicted octanol–water partition coefficient (Wildman–Crippen LogP) is 3.22. The fraction of sp³-hybridized carbons (Fsp3) is 0.158. The average Bonchev–Trinajstić information content (AvgIpc) is 2.61. The zero-order valence-corrected chi connectivity index (χ0v) is 14.8. The number of hydrogen-bond acceptors (Lipinski definition) is 3. The van der Waals surface area contributed by atoms with Gasteiger partial charge < -0.3 is 5.32 Å². The smallest absolute Gasteiger partial charge is 0.281 e. The second-order valence-electron chi connectivity index (χ2n) is 5.81. The topological polar surface area (TPSA) is 84.2 Å². The zero-order valence-electron chi connectivity index (χ0n) is 14.0. The Balaban J connectivity index is 2.24. The first kappa shape index (κ1) is 18.7. The van der Waals surface area contributed by atoms with Gasteiger partial charge in [0.1, 0.15) is 5.70 Å². The molecule has 130 valence electrons. The molecule has 0 atom stereocenters. The highest BCUT2D eigenvalue weighted by Crippen LogP contribution is 2.16. The van der Waals surface area contributed by atoms with Crippen molar-refractivity contribution < 1.29 is 9.59 Å². The number of rotatable bonds is 5. The molecule has 0 heterocycles. The molecular weight excluding hydrogens is 338 g/mol. The molecule has 4 N–H and O–H groups in total. The van der Waals surface area contributed by atoms with Gasteiger partial charge in [-0.1, -0.05) is 49.7 Å². The van der Waals surface area contributed by atoms with E-state index in [4.69, 9.17) is 17.4 Å². The van der Waals surface area contributed by atoms with Crippen molar-refractivity contribution in [2.45, 2.75) is 19.8 Å². The molecular formula is C19H20ClN3O2. The van der Waals surface area contributed by atoms with Gasteiger partial charge in [0.2, 0.25) is 0 Å². The van der Waals surface area contributed by atoms with E-state index in [0.717, 1.165) is 5.56 Å². The van der Waals surface area contributed by atoms with Gasteiger partial charge in [-0.3, -0.25) is 15.0 Å². The molecule has 0 aliphatic rings. The van der Waals surface area contributed by atoms with E-state index < -0.39 is 11.8 Å². The van der Waals surface area contributed by atoms with Crippen LogP contribution in [0.15, 0.2) is 54.2 Å². The van der Waals surface area contributed by atoms with Gasteiger partial charge in [0.15, 0.2) is 0 Å². The van der Waals surface area contributed by atoms with E-state index in [-0.39, 0.29) is 5.70 Å². The van der Waals surface area contributed by atoms with Crippen LogP contribution in [0, 0.1) is 0 Å². The van der Waals surface area contributed by atoms with Crippen molar-refractivity contribution in [1.29, 1.82) is 0 Å². The van der Waals surface area contributed by atoms with E-state index in [2.05, 4.69) is 19.2 Å². The van der Waals surface area contributed by atoms with Gasteiger partial charge in [-0.15, -0.1) is 0 Å². The van der Waals surface area contributed by atoms with Crippen molar-refractivity contribution in [3.8, 4) is 0 Å². The van der Waals surface area contributed by atoms with Gasteiger partial charge >= 0.3 is 0 Å². The van der Waals surface area contributed by atoms with E-state index in [1.807, 2.05) is 29.7 Å². The lowest BCUT2D eigenvalue weighted by atomic mass is 10.0. The van der Waals surface area contributed by atoms with Crippen LogP contribution in [0.4, 0.5) is 0 Å². The SMILES string of the molecule is CC(C)c1ccc(/C=C(/NC(=O)c2ccc(Cl)cc2)C(=O)NN)cc1. The summed E-state index contributed by atoms with van der Waals surface area (Å²) in [6, 6.07) is 14.1. The van der Waals surface area contributed by atoms with E-state index in [1.165, 1.54) is 5.56 Å². The second-order valence-corrected chi connectivity index (χ2v) is 6.25. The summed E-state index contributed by atoms with van der Waals surface area (Å²) in [6.45, 7) is 4.20. The predicted molar refractivity (Wildman–Crippen MR) is 99.8 cm³/mol. The van der Waals surface area contributed by atoms with Crippen LogP contribution < -0.4 is 16.6 Å². The number of hydrazine groups is 1. The molecule has 0 unspecified atom stereocenters. The maximum atomic E-state index is 12.3. The van der Waals surface area contributed by atoms with Gasteiger partial charge in [0.25, 0.3) is 11.8 Å². The van der Waals surface area contributed by atoms with E-state index in [9.17, 15) is 9.59 Å². The van der Waals surface area contributed by atoms with Crippen LogP contribution in [0.2, 0.25) is 5.02 Å². The van der Waals surface area contributed by atoms with Crippen molar-refractivity contribution in [3.63, 3.8) is 0 Å². The minimum Gasteiger partial charge on any atom is -0.317 e. The third-order valence-corrected chi connectivity index (χ3v) is 3.90. The maximum absolute atomic E-state index is 12.3. The highest BCUT2D eigenvalue weighted by molar-refractivity contribution is 6.30. The molecule has 0 aliphatic carbocycles. The molecule has 25 heavy (non-hydrogen) atoms. The molecule has 2 aromatic carbocycles. The molecule has 5 nitrogen and oxygen atoms in total. The minimum absolute atomic E-state index is 0.0553. The van der Waals surface area contributed by atoms with Crippen LogP contribution in [0.5, 0.6) is 0 Å². The van der Waals surface area contributed by atoms with Gasteiger partial charge in [0.05, 0.1) is 0 Å². The third-order valence-electron chi connectivity index (χ3n) is 3.64. The molecule has 0 aromatic heterocycles. The summed E-state index contributed by atoms with van der Waals surface area (Å²) >= 11 is 5.81. The molecule has 2 aromatic rings. The normalized spacial score (nSPS) is 11.3. The Kier molecular flexibility index (Phi) is 6.33. The number of carbonyl (C=O) groups excluding carboxylic acids is 2. The van der Waals surface area contributed by atoms with Gasteiger partial charge in [-0.2, -0.15) is 0 Å². The highest BCUT2D eigenvalue weighted by Gasteiger charge is 2.13. The molecule has 0 spiro atoms. The van der Waals surface area contributed by atoms with Gasteiger partial charge in [-0.05, 0) is 47.4 Å². The molecule has 2 amide bonds. The number of benzene rings is 2. The summed E-state index contributed by atoms with van der Waals surface area (Å²) in [4.78, 5) is 24.3. The third kappa shape index (κ3) is 5.17. The Bertz CT molecular complexity index is 781. The Hall–Kier alpha value is -2.63. The number of nitrogens with one attached hydrogen (secondary N) is 2. The van der Waals surface area contributed by atoms with Crippen molar-refractivity contribution in [2.24, 2.45) is 5.84 Å². The fourth-order valence-electron chi connectivity index (χ4n) is 2.18. The first-order valence-electron chi connectivity index (χ1n) is 7.80. The first-order valence-corrected chi connectivity index (χ1v) is 8.18. The monoisotopic (exact) mass is 357 g/mol. The number of amides is 2. The van der Waals surface area contributed by atoms with Gasteiger partial charge in [-0.25, -0.2) is 5.84 Å². The average molecular weight is 358 g/mol. The second kappa shape index (κ2) is 8.46. The summed E-state index contributed by atoms with van der Waals surface area (Å²) in [6.07, 6.45) is 1.57. The summed E-state index contributed by atoms with van der Waals surface area (Å²) in [5, 5.41) is 3.10. The minimum atomic E-state index is -0.588. The number of carbonyl (C=O) groups is 2. The van der Waals surface area contributed by atoms with Gasteiger partial charge in [0, 0.05) is 10.6 Å². The van der Waals surface area contributed by atoms with Crippen molar-refractivity contribution in [2.75, 3.05) is 0 Å². The van der Waals surface area contributed by atoms with Crippen LogP contribution >= 0.6 is 11.6 Å². The molecule has 0 aliphatic heterocycles. The lowest BCUT2D eigenvalue weighted by Crippen LogP contribution is -2.38. The van der Waals surface area contributed by atoms with Crippen molar-refractivity contribution in [1.82, 2.24) is 10.7 Å². The molecule has 0 bridgehead atoms. The van der Waals surface area contributed by atoms with Crippen molar-refractivity contribution in [3.05, 3.63) is 75.9 Å². The van der Waals surface area contributed by atoms with Crippen LogP contribution in [0.1, 0.15) is 41.3 Å². The molecule has 0 saturated heterocycles. The fourth-order valence-corrected chi connectivity index (χ4v) is 2.30. The Morgan fingerprint density at radius 2 is 1.64 bits per heavy atom. The molecule has 2 rings (SSSR count). The standard InChI is InChI=1S/C19H20ClN3O2/c1-12(2)14-5-3-13(4-6-14)11-17(19(25)23-21)22-18(24)15-7-9-16(20)10-8-15/h3-12H,21H2,1-2H3,(H,22,24)(H,23,25)/b17-11+. The molecule has 0 fully saturated rings. The quantitative estimate of drug-likeness (QED) is 0.332. The number of hydrogen-bond donors (Lipinski definition) is 3. The Labute approximate surface area is 151 Å².